The zero-order chi connectivity index (χ0) is 27.5. The Morgan fingerprint density at radius 1 is 1.14 bits per heavy atom. The summed E-state index contributed by atoms with van der Waals surface area (Å²) in [5.41, 5.74) is 7.53. The van der Waals surface area contributed by atoms with Crippen LogP contribution in [0.5, 0.6) is 0 Å². The lowest BCUT2D eigenvalue weighted by atomic mass is 9.47. The van der Waals surface area contributed by atoms with Crippen molar-refractivity contribution < 1.29 is 15.0 Å². The van der Waals surface area contributed by atoms with Crippen LogP contribution < -0.4 is 5.73 Å². The summed E-state index contributed by atoms with van der Waals surface area (Å²) in [5, 5.41) is 25.1. The highest BCUT2D eigenvalue weighted by Gasteiger charge is 2.59. The molecule has 6 nitrogen and oxygen atoms in total. The van der Waals surface area contributed by atoms with Crippen LogP contribution >= 0.6 is 0 Å². The summed E-state index contributed by atoms with van der Waals surface area (Å²) in [6.45, 7) is 12.3. The van der Waals surface area contributed by atoms with Gasteiger partial charge in [-0.15, -0.1) is 0 Å². The largest absolute Gasteiger partial charge is 0.480 e. The summed E-state index contributed by atoms with van der Waals surface area (Å²) in [7, 11) is 1.44. The van der Waals surface area contributed by atoms with Gasteiger partial charge in [-0.1, -0.05) is 65.5 Å². The Kier molecular flexibility index (Phi) is 9.80. The van der Waals surface area contributed by atoms with Crippen molar-refractivity contribution in [2.24, 2.45) is 52.1 Å². The molecule has 4 rings (SSSR count). The van der Waals surface area contributed by atoms with Gasteiger partial charge in [-0.25, -0.2) is 0 Å². The molecule has 4 aliphatic carbocycles. The summed E-state index contributed by atoms with van der Waals surface area (Å²) >= 11 is 0. The zero-order valence-electron chi connectivity index (χ0n) is 24.4. The number of carbonyl (C=O) groups is 1. The second kappa shape index (κ2) is 12.1. The molecular weight excluding hydrogens is 462 g/mol. The van der Waals surface area contributed by atoms with E-state index in [-0.39, 0.29) is 18.6 Å². The molecule has 0 heterocycles. The normalized spacial score (nSPS) is 37.3. The van der Waals surface area contributed by atoms with Crippen LogP contribution in [0.15, 0.2) is 11.6 Å². The van der Waals surface area contributed by atoms with Crippen LogP contribution in [0.3, 0.4) is 0 Å². The lowest BCUT2D eigenvalue weighted by molar-refractivity contribution is -0.137. The molecule has 6 heteroatoms. The predicted molar refractivity (Wildman–Crippen MR) is 151 cm³/mol. The third-order valence-electron chi connectivity index (χ3n) is 11.1. The van der Waals surface area contributed by atoms with Gasteiger partial charge in [-0.3, -0.25) is 10.2 Å². The number of aliphatic hydroxyl groups is 1. The summed E-state index contributed by atoms with van der Waals surface area (Å²) in [5.74, 6) is 4.23. The highest BCUT2D eigenvalue weighted by Crippen LogP contribution is 2.67. The Morgan fingerprint density at radius 3 is 2.43 bits per heavy atom. The standard InChI is InChI=1S/C27H46O.C4H9N3O2/c1-18(2)7-6-8-19(3)23-11-12-24-22-10-9-20-17-21(28)13-15-26(20,4)25(22)14-16-27(23,24)5;1-7(4(5)6)2-3(8)9/h9,18-19,21-25,28H,6-8,10-17H2,1-5H3;2H2,1H3,(H3,5,6)(H,8,9)/t19?,21-,22-,23+,24-,25-,26-,27+;/m0./s1. The van der Waals surface area contributed by atoms with Crippen molar-refractivity contribution in [3.05, 3.63) is 11.6 Å². The molecule has 0 aliphatic heterocycles. The molecule has 0 aromatic heterocycles. The molecule has 0 aromatic rings. The average Bonchev–Trinajstić information content (AvgIpc) is 3.16. The van der Waals surface area contributed by atoms with Gasteiger partial charge < -0.3 is 20.8 Å². The number of nitrogens with two attached hydrogens (primary N) is 1. The minimum absolute atomic E-state index is 0.0766. The average molecular weight is 518 g/mol. The van der Waals surface area contributed by atoms with Gasteiger partial charge in [0.1, 0.15) is 6.54 Å². The van der Waals surface area contributed by atoms with E-state index in [9.17, 15) is 9.90 Å². The molecule has 8 atom stereocenters. The van der Waals surface area contributed by atoms with Crippen molar-refractivity contribution >= 4 is 11.9 Å². The van der Waals surface area contributed by atoms with E-state index in [4.69, 9.17) is 16.2 Å². The molecule has 5 N–H and O–H groups in total. The minimum atomic E-state index is -0.993. The molecule has 0 radical (unpaired) electrons. The van der Waals surface area contributed by atoms with Crippen molar-refractivity contribution in [1.29, 1.82) is 5.41 Å². The number of carboxylic acid groups (broad SMARTS) is 1. The van der Waals surface area contributed by atoms with Gasteiger partial charge >= 0.3 is 5.97 Å². The highest BCUT2D eigenvalue weighted by molar-refractivity contribution is 5.79. The molecule has 0 aromatic carbocycles. The number of likely N-dealkylation sites (N-methyl/N-ethyl adjacent to an activating group) is 1. The fourth-order valence-electron chi connectivity index (χ4n) is 8.95. The number of nitrogens with zero attached hydrogens (tertiary/aromatic N) is 1. The summed E-state index contributed by atoms with van der Waals surface area (Å²) in [4.78, 5) is 11.0. The predicted octanol–water partition coefficient (Wildman–Crippen LogP) is 6.28. The lowest BCUT2D eigenvalue weighted by Crippen LogP contribution is -2.50. The number of allylic oxidation sites excluding steroid dienone is 1. The molecule has 0 amide bonds. The number of hydrogen-bond donors (Lipinski definition) is 4. The fourth-order valence-corrected chi connectivity index (χ4v) is 8.95. The SMILES string of the molecule is CC(C)CCCC(C)[C@H]1CC[C@H]2[C@@H]3CC=C4C[C@@H](O)CC[C@]4(C)[C@H]3CC[C@]12C.CN(CC(=O)O)C(=N)N. The number of nitrogens with one attached hydrogen (secondary N) is 1. The molecule has 37 heavy (non-hydrogen) atoms. The van der Waals surface area contributed by atoms with Crippen LogP contribution in [-0.4, -0.2) is 46.7 Å². The summed E-state index contributed by atoms with van der Waals surface area (Å²) < 4.78 is 0. The van der Waals surface area contributed by atoms with E-state index in [1.54, 1.807) is 5.57 Å². The fraction of sp³-hybridized carbons (Fsp3) is 0.871. The molecule has 0 bridgehead atoms. The van der Waals surface area contributed by atoms with Crippen LogP contribution in [-0.2, 0) is 4.79 Å². The minimum Gasteiger partial charge on any atom is -0.480 e. The number of rotatable bonds is 7. The zero-order valence-corrected chi connectivity index (χ0v) is 24.4. The maximum Gasteiger partial charge on any atom is 0.323 e. The lowest BCUT2D eigenvalue weighted by Gasteiger charge is -2.58. The van der Waals surface area contributed by atoms with E-state index in [1.165, 1.54) is 64.8 Å². The van der Waals surface area contributed by atoms with Crippen LogP contribution in [0.1, 0.15) is 105 Å². The maximum absolute atomic E-state index is 10.2. The first-order chi connectivity index (χ1) is 17.3. The number of carboxylic acids is 1. The number of aliphatic hydroxyl groups excluding tert-OH is 1. The van der Waals surface area contributed by atoms with Crippen molar-refractivity contribution in [2.45, 2.75) is 111 Å². The van der Waals surface area contributed by atoms with Crippen LogP contribution in [0.25, 0.3) is 0 Å². The molecule has 0 spiro atoms. The van der Waals surface area contributed by atoms with E-state index in [0.717, 1.165) is 53.2 Å². The Balaban J connectivity index is 0.000000364. The van der Waals surface area contributed by atoms with Gasteiger partial charge in [0.25, 0.3) is 0 Å². The van der Waals surface area contributed by atoms with E-state index < -0.39 is 5.97 Å². The molecule has 3 saturated carbocycles. The Morgan fingerprint density at radius 2 is 1.84 bits per heavy atom. The van der Waals surface area contributed by atoms with E-state index >= 15 is 0 Å². The monoisotopic (exact) mass is 517 g/mol. The molecule has 212 valence electrons. The second-order valence-corrected chi connectivity index (χ2v) is 13.8. The second-order valence-electron chi connectivity index (χ2n) is 13.8. The quantitative estimate of drug-likeness (QED) is 0.180. The van der Waals surface area contributed by atoms with Crippen molar-refractivity contribution in [3.63, 3.8) is 0 Å². The molecule has 3 fully saturated rings. The van der Waals surface area contributed by atoms with Crippen LogP contribution in [0, 0.1) is 51.7 Å². The van der Waals surface area contributed by atoms with Crippen molar-refractivity contribution in [3.8, 4) is 0 Å². The van der Waals surface area contributed by atoms with Crippen LogP contribution in [0.2, 0.25) is 0 Å². The summed E-state index contributed by atoms with van der Waals surface area (Å²) in [6, 6.07) is 0. The third-order valence-corrected chi connectivity index (χ3v) is 11.1. The molecule has 0 saturated heterocycles. The van der Waals surface area contributed by atoms with E-state index in [1.807, 2.05) is 0 Å². The van der Waals surface area contributed by atoms with Gasteiger partial charge in [0.05, 0.1) is 6.10 Å². The van der Waals surface area contributed by atoms with E-state index in [0.29, 0.717) is 10.8 Å². The van der Waals surface area contributed by atoms with Gasteiger partial charge in [0.15, 0.2) is 5.96 Å². The Hall–Kier alpha value is -1.56. The third kappa shape index (κ3) is 6.54. The molecular formula is C31H55N3O3. The van der Waals surface area contributed by atoms with Gasteiger partial charge in [0.2, 0.25) is 0 Å². The number of fused-ring (bicyclic) bond motifs is 5. The van der Waals surface area contributed by atoms with Crippen molar-refractivity contribution in [1.82, 2.24) is 4.90 Å². The first-order valence-electron chi connectivity index (χ1n) is 14.9. The Labute approximate surface area is 226 Å². The topological polar surface area (TPSA) is 111 Å². The van der Waals surface area contributed by atoms with Crippen LogP contribution in [0.4, 0.5) is 0 Å². The number of hydrogen-bond acceptors (Lipinski definition) is 3. The Bertz CT molecular complexity index is 842. The first-order valence-corrected chi connectivity index (χ1v) is 14.9. The van der Waals surface area contributed by atoms with Gasteiger partial charge in [-0.2, -0.15) is 0 Å². The number of guanidine groups is 1. The molecule has 1 unspecified atom stereocenters. The summed E-state index contributed by atoms with van der Waals surface area (Å²) in [6.07, 6.45) is 17.2. The van der Waals surface area contributed by atoms with Gasteiger partial charge in [0, 0.05) is 7.05 Å². The van der Waals surface area contributed by atoms with Gasteiger partial charge in [-0.05, 0) is 97.7 Å². The number of aliphatic carboxylic acids is 1. The first kappa shape index (κ1) is 30.0. The highest BCUT2D eigenvalue weighted by atomic mass is 16.4. The smallest absolute Gasteiger partial charge is 0.323 e. The molecule has 4 aliphatic rings. The maximum atomic E-state index is 10.2. The van der Waals surface area contributed by atoms with E-state index in [2.05, 4.69) is 40.7 Å². The van der Waals surface area contributed by atoms with Crippen molar-refractivity contribution in [2.75, 3.05) is 13.6 Å².